The van der Waals surface area contributed by atoms with Gasteiger partial charge in [-0.3, -0.25) is 9.59 Å². The molecule has 0 aliphatic carbocycles. The van der Waals surface area contributed by atoms with E-state index in [1.807, 2.05) is 18.2 Å². The number of unbranched alkanes of at least 4 members (excludes halogenated alkanes) is 14. The normalized spacial score (nSPS) is 19.6. The monoisotopic (exact) mass is 1150 g/mol. The number of rotatable bonds is 52. The summed E-state index contributed by atoms with van der Waals surface area (Å²) in [6, 6.07) is -1.07. The molecule has 1 aliphatic rings. The first-order valence-electron chi connectivity index (χ1n) is 32.3. The zero-order valence-electron chi connectivity index (χ0n) is 51.7. The van der Waals surface area contributed by atoms with Gasteiger partial charge in [-0.2, -0.15) is 0 Å². The van der Waals surface area contributed by atoms with Gasteiger partial charge in [0.25, 0.3) is 0 Å². The van der Waals surface area contributed by atoms with Gasteiger partial charge < -0.3 is 45.1 Å². The number of hydrogen-bond acceptors (Lipinski definition) is 10. The molecule has 0 aromatic carbocycles. The van der Waals surface area contributed by atoms with E-state index in [2.05, 4.69) is 160 Å². The minimum atomic E-state index is -1.66. The van der Waals surface area contributed by atoms with E-state index in [0.717, 1.165) is 116 Å². The maximum absolute atomic E-state index is 13.5. The summed E-state index contributed by atoms with van der Waals surface area (Å²) in [5.74, 6) is -1.32. The van der Waals surface area contributed by atoms with E-state index in [1.165, 1.54) is 51.4 Å². The lowest BCUT2D eigenvalue weighted by atomic mass is 9.99. The van der Waals surface area contributed by atoms with Crippen LogP contribution in [0.25, 0.3) is 0 Å². The molecule has 0 aromatic heterocycles. The lowest BCUT2D eigenvalue weighted by Gasteiger charge is -2.41. The first-order valence-corrected chi connectivity index (χ1v) is 32.3. The van der Waals surface area contributed by atoms with Crippen molar-refractivity contribution in [1.82, 2.24) is 5.32 Å². The molecule has 0 saturated carbocycles. The molecular formula is C72H115NO10. The van der Waals surface area contributed by atoms with Crippen LogP contribution in [0.2, 0.25) is 0 Å². The Balaban J connectivity index is 2.75. The second-order valence-corrected chi connectivity index (χ2v) is 21.4. The molecule has 0 spiro atoms. The molecule has 11 heteroatoms. The molecule has 1 aliphatic heterocycles. The van der Waals surface area contributed by atoms with Gasteiger partial charge in [-0.15, -0.1) is 0 Å². The Morgan fingerprint density at radius 2 is 0.867 bits per heavy atom. The molecule has 0 radical (unpaired) electrons. The summed E-state index contributed by atoms with van der Waals surface area (Å²) in [5, 5.41) is 57.0. The first kappa shape index (κ1) is 76.3. The van der Waals surface area contributed by atoms with Crippen LogP contribution >= 0.6 is 0 Å². The maximum atomic E-state index is 13.5. The van der Waals surface area contributed by atoms with Gasteiger partial charge >= 0.3 is 5.97 Å². The standard InChI is InChI=1S/C72H115NO10/c1-4-7-10-13-16-19-22-25-27-29-31-32-33-35-36-38-41-44-47-50-53-56-59-65(76)71(80)73-63(64(75)58-55-52-49-46-43-40-24-21-18-15-12-9-6-3)62-81-72-70(69(79)68(78)66(61-74)82-72)83-67(77)60-57-54-51-48-45-42-39-37-34-30-28-26-23-20-17-14-11-8-5-2/h7-8,10-11,16-17,19-20,25-28,31-32,34-37,41-42,44-45,51,54-55,58,63-66,68-70,72,74-76,78-79H,4-6,9,12-15,18,21-24,29-30,33,38-40,43,46-50,52-53,56-57,59-62H2,1-3H3,(H,73,80)/b10-7-,11-8-,19-16-,20-17-,27-25-,28-26-,32-31-,36-35-,37-34-,44-41-,45-42-,54-51-,58-55+. The molecule has 6 N–H and O–H groups in total. The number of nitrogens with one attached hydrogen (secondary N) is 1. The molecule has 1 rings (SSSR count). The van der Waals surface area contributed by atoms with Gasteiger partial charge in [0.1, 0.15) is 24.4 Å². The van der Waals surface area contributed by atoms with Gasteiger partial charge in [-0.05, 0) is 116 Å². The number of aliphatic hydroxyl groups excluding tert-OH is 5. The zero-order chi connectivity index (χ0) is 60.3. The molecule has 11 nitrogen and oxygen atoms in total. The topological polar surface area (TPSA) is 175 Å². The minimum absolute atomic E-state index is 0.0145. The first-order chi connectivity index (χ1) is 40.7. The van der Waals surface area contributed by atoms with Crippen molar-refractivity contribution in [3.63, 3.8) is 0 Å². The number of hydrogen-bond donors (Lipinski definition) is 6. The van der Waals surface area contributed by atoms with Gasteiger partial charge in [0.15, 0.2) is 12.4 Å². The number of aliphatic hydroxyl groups is 5. The van der Waals surface area contributed by atoms with E-state index in [9.17, 15) is 35.1 Å². The van der Waals surface area contributed by atoms with Crippen LogP contribution in [0.4, 0.5) is 0 Å². The fraction of sp³-hybridized carbons (Fsp3) is 0.611. The van der Waals surface area contributed by atoms with E-state index in [-0.39, 0.29) is 19.4 Å². The Bertz CT molecular complexity index is 1950. The SMILES string of the molecule is CC/C=C\C/C=C\C/C=C\C/C=C\C/C=C\C/C=C\CCCCCC(O)C(=O)NC(COC1OC(CO)C(O)C(O)C1OC(=O)CC/C=C\C/C=C\C/C=C\C/C=C\C/C=C\C/C=C\CC)C(O)/C=C/CCCCCCCCCCCCC. The fourth-order valence-corrected chi connectivity index (χ4v) is 8.91. The van der Waals surface area contributed by atoms with Crippen molar-refractivity contribution >= 4 is 11.9 Å². The van der Waals surface area contributed by atoms with E-state index in [4.69, 9.17) is 14.2 Å². The summed E-state index contributed by atoms with van der Waals surface area (Å²) in [5.41, 5.74) is 0. The van der Waals surface area contributed by atoms with E-state index >= 15 is 0 Å². The quantitative estimate of drug-likeness (QED) is 0.0195. The molecule has 8 atom stereocenters. The average Bonchev–Trinajstić information content (AvgIpc) is 3.54. The maximum Gasteiger partial charge on any atom is 0.306 e. The van der Waals surface area contributed by atoms with Crippen LogP contribution in [0.3, 0.4) is 0 Å². The van der Waals surface area contributed by atoms with E-state index in [1.54, 1.807) is 6.08 Å². The number of carbonyl (C=O) groups excluding carboxylic acids is 2. The van der Waals surface area contributed by atoms with Crippen molar-refractivity contribution in [3.8, 4) is 0 Å². The molecule has 1 saturated heterocycles. The van der Waals surface area contributed by atoms with Crippen molar-refractivity contribution in [2.75, 3.05) is 13.2 Å². The lowest BCUT2D eigenvalue weighted by Crippen LogP contribution is -2.61. The third kappa shape index (κ3) is 45.3. The highest BCUT2D eigenvalue weighted by atomic mass is 16.7. The van der Waals surface area contributed by atoms with Crippen LogP contribution in [0.1, 0.15) is 220 Å². The predicted molar refractivity (Wildman–Crippen MR) is 347 cm³/mol. The summed E-state index contributed by atoms with van der Waals surface area (Å²) < 4.78 is 17.5. The fourth-order valence-electron chi connectivity index (χ4n) is 8.91. The highest BCUT2D eigenvalue weighted by Gasteiger charge is 2.47. The van der Waals surface area contributed by atoms with Crippen LogP contribution in [-0.2, 0) is 23.8 Å². The smallest absolute Gasteiger partial charge is 0.306 e. The Hall–Kier alpha value is -4.72. The molecule has 1 amide bonds. The number of esters is 1. The average molecular weight is 1150 g/mol. The Morgan fingerprint density at radius 1 is 0.482 bits per heavy atom. The summed E-state index contributed by atoms with van der Waals surface area (Å²) >= 11 is 0. The molecule has 83 heavy (non-hydrogen) atoms. The lowest BCUT2D eigenvalue weighted by molar-refractivity contribution is -0.305. The van der Waals surface area contributed by atoms with Crippen molar-refractivity contribution in [2.45, 2.75) is 269 Å². The van der Waals surface area contributed by atoms with Crippen LogP contribution in [0.5, 0.6) is 0 Å². The summed E-state index contributed by atoms with van der Waals surface area (Å²) in [6.45, 7) is 5.49. The number of ether oxygens (including phenoxy) is 3. The Kier molecular flexibility index (Phi) is 53.0. The molecule has 1 heterocycles. The zero-order valence-corrected chi connectivity index (χ0v) is 51.7. The molecular weight excluding hydrogens is 1040 g/mol. The van der Waals surface area contributed by atoms with E-state index in [0.29, 0.717) is 19.3 Å². The second kappa shape index (κ2) is 57.7. The molecule has 468 valence electrons. The third-order valence-corrected chi connectivity index (χ3v) is 13.9. The van der Waals surface area contributed by atoms with Gasteiger partial charge in [0, 0.05) is 6.42 Å². The van der Waals surface area contributed by atoms with Gasteiger partial charge in [0.2, 0.25) is 5.91 Å². The van der Waals surface area contributed by atoms with Crippen LogP contribution in [0.15, 0.2) is 158 Å². The van der Waals surface area contributed by atoms with E-state index < -0.39 is 67.4 Å². The summed E-state index contributed by atoms with van der Waals surface area (Å²) in [6.07, 6.45) is 74.3. The van der Waals surface area contributed by atoms with Crippen molar-refractivity contribution in [2.24, 2.45) is 0 Å². The van der Waals surface area contributed by atoms with Crippen molar-refractivity contribution < 1.29 is 49.3 Å². The Labute approximate surface area is 504 Å². The van der Waals surface area contributed by atoms with Gasteiger partial charge in [-0.25, -0.2) is 0 Å². The largest absolute Gasteiger partial charge is 0.454 e. The van der Waals surface area contributed by atoms with Crippen molar-refractivity contribution in [3.05, 3.63) is 158 Å². The van der Waals surface area contributed by atoms with Crippen LogP contribution in [-0.4, -0.2) is 99.6 Å². The third-order valence-electron chi connectivity index (χ3n) is 13.9. The predicted octanol–water partition coefficient (Wildman–Crippen LogP) is 15.9. The van der Waals surface area contributed by atoms with Crippen molar-refractivity contribution in [1.29, 1.82) is 0 Å². The molecule has 1 fully saturated rings. The second-order valence-electron chi connectivity index (χ2n) is 21.4. The van der Waals surface area contributed by atoms with Gasteiger partial charge in [-0.1, -0.05) is 256 Å². The number of allylic oxidation sites excluding steroid dienone is 25. The minimum Gasteiger partial charge on any atom is -0.454 e. The highest BCUT2D eigenvalue weighted by Crippen LogP contribution is 2.26. The van der Waals surface area contributed by atoms with Crippen LogP contribution < -0.4 is 5.32 Å². The number of amides is 1. The number of carbonyl (C=O) groups is 2. The molecule has 0 bridgehead atoms. The van der Waals surface area contributed by atoms with Gasteiger partial charge in [0.05, 0.1) is 25.4 Å². The Morgan fingerprint density at radius 3 is 1.30 bits per heavy atom. The highest BCUT2D eigenvalue weighted by molar-refractivity contribution is 5.80. The summed E-state index contributed by atoms with van der Waals surface area (Å²) in [7, 11) is 0. The van der Waals surface area contributed by atoms with Crippen LogP contribution in [0, 0.1) is 0 Å². The molecule has 8 unspecified atom stereocenters. The molecule has 0 aromatic rings. The summed E-state index contributed by atoms with van der Waals surface area (Å²) in [4.78, 5) is 26.6.